The molecule has 0 heterocycles. The molecule has 0 aliphatic heterocycles. The molecule has 2 aliphatic carbocycles. The Labute approximate surface area is 136 Å². The highest BCUT2D eigenvalue weighted by atomic mass is 16.5. The summed E-state index contributed by atoms with van der Waals surface area (Å²) in [6.45, 7) is 6.34. The number of ether oxygens (including phenoxy) is 1. The first-order chi connectivity index (χ1) is 10.8. The molecule has 5 heteroatoms. The van der Waals surface area contributed by atoms with E-state index in [0.29, 0.717) is 12.2 Å². The number of oxime groups is 1. The summed E-state index contributed by atoms with van der Waals surface area (Å²) in [6, 6.07) is 7.36. The summed E-state index contributed by atoms with van der Waals surface area (Å²) in [5, 5.41) is 15.9. The number of fused-ring (bicyclic) bond motifs is 2. The minimum atomic E-state index is -0.535. The predicted molar refractivity (Wildman–Crippen MR) is 89.0 cm³/mol. The van der Waals surface area contributed by atoms with E-state index in [2.05, 4.69) is 31.2 Å². The van der Waals surface area contributed by atoms with Gasteiger partial charge in [0.1, 0.15) is 5.75 Å². The molecule has 2 aliphatic rings. The quantitative estimate of drug-likeness (QED) is 0.660. The lowest BCUT2D eigenvalue weighted by Crippen LogP contribution is -2.43. The zero-order valence-electron chi connectivity index (χ0n) is 14.1. The average molecular weight is 316 g/mol. The van der Waals surface area contributed by atoms with Crippen LogP contribution in [0.4, 0.5) is 5.69 Å². The highest BCUT2D eigenvalue weighted by Gasteiger charge is 2.71. The molecule has 1 aromatic rings. The number of hydrogen-bond acceptors (Lipinski definition) is 4. The molecule has 2 unspecified atom stereocenters. The van der Waals surface area contributed by atoms with Crippen molar-refractivity contribution in [3.63, 3.8) is 0 Å². The molecule has 2 N–H and O–H groups in total. The third kappa shape index (κ3) is 1.92. The van der Waals surface area contributed by atoms with Crippen LogP contribution >= 0.6 is 0 Å². The summed E-state index contributed by atoms with van der Waals surface area (Å²) < 4.78 is 5.21. The van der Waals surface area contributed by atoms with Gasteiger partial charge in [0.25, 0.3) is 0 Å². The molecule has 124 valence electrons. The number of nitrogens with zero attached hydrogens (tertiary/aromatic N) is 1. The largest absolute Gasteiger partial charge is 0.497 e. The van der Waals surface area contributed by atoms with Gasteiger partial charge in [-0.3, -0.25) is 4.79 Å². The van der Waals surface area contributed by atoms with E-state index < -0.39 is 5.41 Å². The summed E-state index contributed by atoms with van der Waals surface area (Å²) in [7, 11) is 1.60. The molecule has 2 saturated carbocycles. The Morgan fingerprint density at radius 2 is 2.04 bits per heavy atom. The van der Waals surface area contributed by atoms with Crippen LogP contribution in [-0.4, -0.2) is 23.9 Å². The highest BCUT2D eigenvalue weighted by molar-refractivity contribution is 6.06. The van der Waals surface area contributed by atoms with Crippen LogP contribution < -0.4 is 10.1 Å². The number of anilines is 1. The lowest BCUT2D eigenvalue weighted by molar-refractivity contribution is -0.130. The summed E-state index contributed by atoms with van der Waals surface area (Å²) in [6.07, 6.45) is 2.19. The summed E-state index contributed by atoms with van der Waals surface area (Å²) in [5.74, 6) is 0.706. The van der Waals surface area contributed by atoms with Gasteiger partial charge in [0.2, 0.25) is 5.91 Å². The van der Waals surface area contributed by atoms with Gasteiger partial charge >= 0.3 is 0 Å². The fourth-order valence-electron chi connectivity index (χ4n) is 4.49. The number of methoxy groups -OCH3 is 1. The lowest BCUT2D eigenvalue weighted by Gasteiger charge is -2.39. The van der Waals surface area contributed by atoms with Crippen LogP contribution in [0.2, 0.25) is 0 Å². The zero-order chi connectivity index (χ0) is 16.9. The molecule has 0 saturated heterocycles. The summed E-state index contributed by atoms with van der Waals surface area (Å²) in [5.41, 5.74) is 0.446. The molecule has 3 rings (SSSR count). The molecule has 0 radical (unpaired) electrons. The van der Waals surface area contributed by atoms with E-state index in [4.69, 9.17) is 4.74 Å². The molecular weight excluding hydrogens is 292 g/mol. The van der Waals surface area contributed by atoms with Crippen LogP contribution in [0.5, 0.6) is 5.75 Å². The van der Waals surface area contributed by atoms with Crippen LogP contribution in [0, 0.1) is 16.2 Å². The Bertz CT molecular complexity index is 683. The molecular formula is C18H24N2O3. The van der Waals surface area contributed by atoms with Crippen LogP contribution in [-0.2, 0) is 4.79 Å². The predicted octanol–water partition coefficient (Wildman–Crippen LogP) is 3.68. The maximum atomic E-state index is 13.1. The van der Waals surface area contributed by atoms with Crippen molar-refractivity contribution in [2.45, 2.75) is 40.0 Å². The number of nitrogens with one attached hydrogen (secondary N) is 1. The smallest absolute Gasteiger partial charge is 0.231 e. The van der Waals surface area contributed by atoms with Gasteiger partial charge < -0.3 is 15.3 Å². The molecule has 2 atom stereocenters. The van der Waals surface area contributed by atoms with E-state index in [0.717, 1.165) is 24.2 Å². The fourth-order valence-corrected chi connectivity index (χ4v) is 4.49. The van der Waals surface area contributed by atoms with Crippen LogP contribution in [0.25, 0.3) is 0 Å². The molecule has 2 fully saturated rings. The van der Waals surface area contributed by atoms with Crippen molar-refractivity contribution in [3.8, 4) is 5.75 Å². The zero-order valence-corrected chi connectivity index (χ0v) is 14.1. The minimum Gasteiger partial charge on any atom is -0.497 e. The Morgan fingerprint density at radius 3 is 2.65 bits per heavy atom. The normalized spacial score (nSPS) is 33.0. The van der Waals surface area contributed by atoms with Crippen molar-refractivity contribution in [3.05, 3.63) is 24.3 Å². The summed E-state index contributed by atoms with van der Waals surface area (Å²) in [4.78, 5) is 13.1. The van der Waals surface area contributed by atoms with Gasteiger partial charge in [-0.15, -0.1) is 0 Å². The van der Waals surface area contributed by atoms with Gasteiger partial charge in [-0.25, -0.2) is 0 Å². The van der Waals surface area contributed by atoms with Crippen molar-refractivity contribution < 1.29 is 14.7 Å². The number of carbonyl (C=O) groups is 1. The Balaban J connectivity index is 1.93. The average Bonchev–Trinajstić information content (AvgIpc) is 2.85. The second-order valence-corrected chi connectivity index (χ2v) is 7.45. The van der Waals surface area contributed by atoms with E-state index in [1.54, 1.807) is 7.11 Å². The monoisotopic (exact) mass is 316 g/mol. The van der Waals surface area contributed by atoms with Gasteiger partial charge in [-0.1, -0.05) is 32.0 Å². The minimum absolute atomic E-state index is 0.00173. The Kier molecular flexibility index (Phi) is 3.43. The lowest BCUT2D eigenvalue weighted by atomic mass is 9.64. The molecule has 23 heavy (non-hydrogen) atoms. The first-order valence-corrected chi connectivity index (χ1v) is 7.98. The molecule has 2 bridgehead atoms. The number of amides is 1. The third-order valence-corrected chi connectivity index (χ3v) is 6.62. The van der Waals surface area contributed by atoms with Crippen molar-refractivity contribution in [2.75, 3.05) is 12.4 Å². The van der Waals surface area contributed by atoms with Crippen LogP contribution in [0.15, 0.2) is 29.4 Å². The van der Waals surface area contributed by atoms with Crippen molar-refractivity contribution in [2.24, 2.45) is 21.4 Å². The number of hydrogen-bond donors (Lipinski definition) is 2. The number of benzene rings is 1. The molecule has 1 aromatic carbocycles. The second-order valence-electron chi connectivity index (χ2n) is 7.45. The van der Waals surface area contributed by atoms with Crippen molar-refractivity contribution in [1.29, 1.82) is 0 Å². The molecule has 5 nitrogen and oxygen atoms in total. The first-order valence-electron chi connectivity index (χ1n) is 7.98. The Hall–Kier alpha value is -2.04. The molecule has 0 aromatic heterocycles. The van der Waals surface area contributed by atoms with Gasteiger partial charge in [-0.05, 0) is 30.4 Å². The van der Waals surface area contributed by atoms with E-state index in [9.17, 15) is 10.0 Å². The molecule has 1 amide bonds. The van der Waals surface area contributed by atoms with Gasteiger partial charge in [0.05, 0.1) is 18.2 Å². The summed E-state index contributed by atoms with van der Waals surface area (Å²) >= 11 is 0. The first kappa shape index (κ1) is 15.8. The topological polar surface area (TPSA) is 70.9 Å². The molecule has 0 spiro atoms. The standard InChI is InChI=1S/C18H24N2O3/c1-16(2)17(3)8-9-18(16,11-14(17)20-22)15(21)19-12-6-5-7-13(10-12)23-4/h5-7,10,22H,8-9,11H2,1-4H3,(H,19,21). The maximum Gasteiger partial charge on any atom is 0.231 e. The van der Waals surface area contributed by atoms with E-state index >= 15 is 0 Å². The van der Waals surface area contributed by atoms with Crippen LogP contribution in [0.1, 0.15) is 40.0 Å². The fraction of sp³-hybridized carbons (Fsp3) is 0.556. The Morgan fingerprint density at radius 1 is 1.30 bits per heavy atom. The van der Waals surface area contributed by atoms with E-state index in [-0.39, 0.29) is 16.7 Å². The van der Waals surface area contributed by atoms with Crippen LogP contribution in [0.3, 0.4) is 0 Å². The van der Waals surface area contributed by atoms with Crippen molar-refractivity contribution >= 4 is 17.3 Å². The SMILES string of the molecule is COc1cccc(NC(=O)C23CCC(C)(C(=NO)C2)C3(C)C)c1. The second kappa shape index (κ2) is 4.98. The number of rotatable bonds is 3. The van der Waals surface area contributed by atoms with Gasteiger partial charge in [0.15, 0.2) is 0 Å². The number of carbonyl (C=O) groups excluding carboxylic acids is 1. The van der Waals surface area contributed by atoms with E-state index in [1.807, 2.05) is 24.3 Å². The van der Waals surface area contributed by atoms with E-state index in [1.165, 1.54) is 0 Å². The van der Waals surface area contributed by atoms with Gasteiger partial charge in [-0.2, -0.15) is 0 Å². The maximum absolute atomic E-state index is 13.1. The van der Waals surface area contributed by atoms with Gasteiger partial charge in [0, 0.05) is 23.6 Å². The third-order valence-electron chi connectivity index (χ3n) is 6.62. The highest BCUT2D eigenvalue weighted by Crippen LogP contribution is 2.71. The van der Waals surface area contributed by atoms with Crippen molar-refractivity contribution in [1.82, 2.24) is 0 Å².